The maximum absolute atomic E-state index is 14.1. The Hall–Kier alpha value is -3.21. The van der Waals surface area contributed by atoms with Gasteiger partial charge in [0.2, 0.25) is 5.78 Å². The highest BCUT2D eigenvalue weighted by molar-refractivity contribution is 6.25. The number of Topliss-reactive ketones (excluding diaryl/α,β-unsaturated/α-hetero) is 3. The van der Waals surface area contributed by atoms with E-state index in [1.54, 1.807) is 19.0 Å². The molecule has 1 aromatic carbocycles. The summed E-state index contributed by atoms with van der Waals surface area (Å²) in [5.41, 5.74) is -0.0562. The number of carbonyl (C=O) groups excluding carboxylic acids is 3. The van der Waals surface area contributed by atoms with Crippen molar-refractivity contribution >= 4 is 28.8 Å². The van der Waals surface area contributed by atoms with Gasteiger partial charge >= 0.3 is 0 Å². The first-order valence-electron chi connectivity index (χ1n) is 13.6. The minimum Gasteiger partial charge on any atom is -0.508 e. The number of aliphatic hydroxyl groups is 3. The summed E-state index contributed by atoms with van der Waals surface area (Å²) in [5, 5.41) is 46.2. The summed E-state index contributed by atoms with van der Waals surface area (Å²) in [6, 6.07) is -1.03. The lowest BCUT2D eigenvalue weighted by atomic mass is 9.57. The zero-order valence-corrected chi connectivity index (χ0v) is 24.4. The molecule has 0 radical (unpaired) electrons. The highest BCUT2D eigenvalue weighted by Crippen LogP contribution is 2.55. The van der Waals surface area contributed by atoms with Gasteiger partial charge in [0.15, 0.2) is 17.2 Å². The number of likely N-dealkylation sites (N-methyl/N-ethyl adjacent to an activating group) is 1. The van der Waals surface area contributed by atoms with Crippen LogP contribution in [0.3, 0.4) is 0 Å². The van der Waals surface area contributed by atoms with Crippen LogP contribution in [0, 0.1) is 11.8 Å². The van der Waals surface area contributed by atoms with Crippen molar-refractivity contribution in [1.82, 2.24) is 9.80 Å². The van der Waals surface area contributed by atoms with E-state index in [4.69, 9.17) is 0 Å². The number of rotatable bonds is 3. The summed E-state index contributed by atoms with van der Waals surface area (Å²) >= 11 is 0. The predicted molar refractivity (Wildman–Crippen MR) is 149 cm³/mol. The third-order valence-corrected chi connectivity index (χ3v) is 9.27. The number of carbonyl (C=O) groups is 3. The van der Waals surface area contributed by atoms with Crippen molar-refractivity contribution in [3.63, 3.8) is 0 Å². The summed E-state index contributed by atoms with van der Waals surface area (Å²) < 4.78 is 0. The van der Waals surface area contributed by atoms with E-state index in [0.29, 0.717) is 24.2 Å². The normalized spacial score (nSPS) is 28.5. The number of aliphatic hydroxyl groups excluding tert-OH is 2. The van der Waals surface area contributed by atoms with Crippen molar-refractivity contribution in [1.29, 1.82) is 0 Å². The minimum atomic E-state index is -2.57. The van der Waals surface area contributed by atoms with Gasteiger partial charge in [-0.15, -0.1) is 0 Å². The zero-order chi connectivity index (χ0) is 29.8. The van der Waals surface area contributed by atoms with Crippen LogP contribution in [0.15, 0.2) is 16.9 Å². The number of nitrogens with zero attached hydrogens (tertiary/aromatic N) is 3. The van der Waals surface area contributed by atoms with Crippen molar-refractivity contribution in [2.75, 3.05) is 33.1 Å². The number of hydrogen-bond acceptors (Lipinski definition) is 10. The van der Waals surface area contributed by atoms with Gasteiger partial charge in [-0.2, -0.15) is 0 Å². The van der Waals surface area contributed by atoms with Crippen LogP contribution in [0.5, 0.6) is 5.75 Å². The number of fused-ring (bicyclic) bond motifs is 4. The van der Waals surface area contributed by atoms with Gasteiger partial charge in [0.1, 0.15) is 22.8 Å². The summed E-state index contributed by atoms with van der Waals surface area (Å²) in [4.78, 5) is 45.6. The number of phenolic OH excluding ortho intramolecular Hbond substituents is 1. The maximum Gasteiger partial charge on any atom is 0.202 e. The molecule has 0 aromatic heterocycles. The minimum absolute atomic E-state index is 0.0955. The molecule has 0 saturated heterocycles. The Bertz CT molecular complexity index is 1430. The molecule has 0 spiro atoms. The van der Waals surface area contributed by atoms with Crippen LogP contribution in [0.1, 0.15) is 56.4 Å². The first kappa shape index (κ1) is 28.3. The van der Waals surface area contributed by atoms with E-state index in [0.717, 1.165) is 18.2 Å². The molecule has 4 aliphatic rings. The standard InChI is InChI=1S/C30H39N3O7/c1-13(34)19-26(37)23(32(7)8)18-10-14-9-15-21(25(36)20(14)28(39)30(18,40)27(19)38)24(35)17-12-33(29(2,3)4)11-16(17)22(15)31(5)6/h14,18,23,35-36,38,40H,9-12H2,1-8H3/t14-,18-,23-,30+/m0/s1. The van der Waals surface area contributed by atoms with Gasteiger partial charge in [-0.1, -0.05) is 0 Å². The molecule has 0 unspecified atom stereocenters. The number of hydrogen-bond donors (Lipinski definition) is 4. The summed E-state index contributed by atoms with van der Waals surface area (Å²) in [6.45, 7) is 8.46. The topological polar surface area (TPSA) is 142 Å². The molecule has 3 aliphatic carbocycles. The first-order valence-corrected chi connectivity index (χ1v) is 13.6. The lowest BCUT2D eigenvalue weighted by Gasteiger charge is -2.50. The van der Waals surface area contributed by atoms with Crippen LogP contribution in [0.2, 0.25) is 0 Å². The SMILES string of the molecule is CC(=O)C1=C(O)[C@@]2(O)C(=O)C3=C(O)c4c(O)c5c(c(N(C)C)c4C[C@H]3C[C@H]2[C@H](N(C)C)C1=O)CN(C(C)(C)C)C5. The first-order chi connectivity index (χ1) is 18.4. The van der Waals surface area contributed by atoms with Crippen molar-refractivity contribution in [2.45, 2.75) is 70.8 Å². The molecule has 5 rings (SSSR count). The van der Waals surface area contributed by atoms with Crippen molar-refractivity contribution in [3.8, 4) is 5.75 Å². The van der Waals surface area contributed by atoms with E-state index in [9.17, 15) is 34.8 Å². The van der Waals surface area contributed by atoms with Gasteiger partial charge in [0.05, 0.1) is 11.6 Å². The van der Waals surface area contributed by atoms with Crippen molar-refractivity contribution < 1.29 is 34.8 Å². The lowest BCUT2D eigenvalue weighted by Crippen LogP contribution is -2.65. The Balaban J connectivity index is 1.75. The maximum atomic E-state index is 14.1. The van der Waals surface area contributed by atoms with Crippen LogP contribution in [-0.4, -0.2) is 92.9 Å². The second kappa shape index (κ2) is 8.89. The van der Waals surface area contributed by atoms with E-state index in [-0.39, 0.29) is 35.3 Å². The summed E-state index contributed by atoms with van der Waals surface area (Å²) in [7, 11) is 7.06. The molecule has 40 heavy (non-hydrogen) atoms. The second-order valence-electron chi connectivity index (χ2n) is 13.1. The number of ketones is 3. The molecule has 1 fully saturated rings. The fraction of sp³-hybridized carbons (Fsp3) is 0.567. The monoisotopic (exact) mass is 553 g/mol. The molecular weight excluding hydrogens is 514 g/mol. The zero-order valence-electron chi connectivity index (χ0n) is 24.4. The predicted octanol–water partition coefficient (Wildman–Crippen LogP) is 2.25. The Labute approximate surface area is 234 Å². The quantitative estimate of drug-likeness (QED) is 0.412. The number of phenols is 1. The molecule has 216 valence electrons. The molecule has 1 aromatic rings. The van der Waals surface area contributed by atoms with E-state index in [1.165, 1.54) is 0 Å². The average molecular weight is 554 g/mol. The van der Waals surface area contributed by atoms with Gasteiger partial charge in [-0.05, 0) is 71.7 Å². The number of aromatic hydroxyl groups is 1. The van der Waals surface area contributed by atoms with Crippen LogP contribution < -0.4 is 4.90 Å². The van der Waals surface area contributed by atoms with E-state index >= 15 is 0 Å². The van der Waals surface area contributed by atoms with E-state index in [1.807, 2.05) is 19.0 Å². The Kier molecular flexibility index (Phi) is 6.30. The van der Waals surface area contributed by atoms with Crippen LogP contribution in [0.25, 0.3) is 5.76 Å². The molecule has 4 atom stereocenters. The number of benzene rings is 1. The smallest absolute Gasteiger partial charge is 0.202 e. The molecule has 1 heterocycles. The molecular formula is C30H39N3O7. The molecule has 1 aliphatic heterocycles. The molecule has 10 nitrogen and oxygen atoms in total. The second-order valence-corrected chi connectivity index (χ2v) is 13.1. The van der Waals surface area contributed by atoms with Gasteiger partial charge in [0, 0.05) is 55.5 Å². The van der Waals surface area contributed by atoms with E-state index in [2.05, 4.69) is 25.7 Å². The Morgan fingerprint density at radius 2 is 1.60 bits per heavy atom. The van der Waals surface area contributed by atoms with Gasteiger partial charge < -0.3 is 25.3 Å². The van der Waals surface area contributed by atoms with Crippen LogP contribution >= 0.6 is 0 Å². The summed E-state index contributed by atoms with van der Waals surface area (Å²) in [6.07, 6.45) is 0.388. The fourth-order valence-electron chi connectivity index (χ4n) is 7.36. The van der Waals surface area contributed by atoms with Crippen LogP contribution in [-0.2, 0) is 33.9 Å². The summed E-state index contributed by atoms with van der Waals surface area (Å²) in [5.74, 6) is -5.46. The lowest BCUT2D eigenvalue weighted by molar-refractivity contribution is -0.153. The van der Waals surface area contributed by atoms with Gasteiger partial charge in [0.25, 0.3) is 0 Å². The molecule has 0 bridgehead atoms. The fourth-order valence-corrected chi connectivity index (χ4v) is 7.36. The van der Waals surface area contributed by atoms with Crippen LogP contribution in [0.4, 0.5) is 5.69 Å². The molecule has 0 amide bonds. The Morgan fingerprint density at radius 1 is 1.00 bits per heavy atom. The number of anilines is 1. The third kappa shape index (κ3) is 3.62. The Morgan fingerprint density at radius 3 is 2.12 bits per heavy atom. The van der Waals surface area contributed by atoms with E-state index < -0.39 is 57.9 Å². The molecule has 1 saturated carbocycles. The van der Waals surface area contributed by atoms with Gasteiger partial charge in [-0.3, -0.25) is 24.2 Å². The van der Waals surface area contributed by atoms with Crippen molar-refractivity contribution in [3.05, 3.63) is 39.2 Å². The highest BCUT2D eigenvalue weighted by Gasteiger charge is 2.64. The highest BCUT2D eigenvalue weighted by atomic mass is 16.3. The third-order valence-electron chi connectivity index (χ3n) is 9.27. The van der Waals surface area contributed by atoms with Gasteiger partial charge in [-0.25, -0.2) is 0 Å². The molecule has 10 heteroatoms. The average Bonchev–Trinajstić information content (AvgIpc) is 3.27. The van der Waals surface area contributed by atoms with Crippen molar-refractivity contribution in [2.24, 2.45) is 11.8 Å². The molecule has 4 N–H and O–H groups in total. The largest absolute Gasteiger partial charge is 0.508 e.